The number of aryl methyl sites for hydroxylation is 1. The zero-order valence-corrected chi connectivity index (χ0v) is 13.1. The maximum absolute atomic E-state index is 10.2. The monoisotopic (exact) mass is 344 g/mol. The number of thiophene rings is 1. The predicted molar refractivity (Wildman–Crippen MR) is 81.5 cm³/mol. The van der Waals surface area contributed by atoms with Crippen LogP contribution in [0.4, 0.5) is 0 Å². The molecule has 0 saturated carbocycles. The van der Waals surface area contributed by atoms with Crippen LogP contribution in [0.1, 0.15) is 28.3 Å². The molecule has 1 aromatic carbocycles. The molecule has 0 aliphatic rings. The average molecular weight is 346 g/mol. The molecule has 2 rings (SSSR count). The topological polar surface area (TPSA) is 20.2 Å². The summed E-state index contributed by atoms with van der Waals surface area (Å²) in [6.45, 7) is 2.14. The Morgan fingerprint density at radius 2 is 2.00 bits per heavy atom. The molecule has 0 aliphatic heterocycles. The Hall–Kier alpha value is -0.350. The molecular formula is C14H14BrClOS. The molecule has 0 amide bonds. The van der Waals surface area contributed by atoms with Crippen LogP contribution in [0.25, 0.3) is 0 Å². The van der Waals surface area contributed by atoms with Gasteiger partial charge >= 0.3 is 0 Å². The predicted octanol–water partition coefficient (Wildman–Crippen LogP) is 5.00. The lowest BCUT2D eigenvalue weighted by Gasteiger charge is -2.10. The van der Waals surface area contributed by atoms with Gasteiger partial charge in [0.15, 0.2) is 0 Å². The summed E-state index contributed by atoms with van der Waals surface area (Å²) in [5, 5.41) is 10.9. The van der Waals surface area contributed by atoms with Crippen molar-refractivity contribution in [1.82, 2.24) is 0 Å². The van der Waals surface area contributed by atoms with E-state index in [-0.39, 0.29) is 0 Å². The summed E-state index contributed by atoms with van der Waals surface area (Å²) in [6, 6.07) is 9.77. The average Bonchev–Trinajstić information content (AvgIpc) is 2.80. The van der Waals surface area contributed by atoms with Gasteiger partial charge in [-0.2, -0.15) is 0 Å². The summed E-state index contributed by atoms with van der Waals surface area (Å²) >= 11 is 11.1. The Kier molecular flexibility index (Phi) is 4.84. The second kappa shape index (κ2) is 6.20. The molecule has 1 atom stereocenters. The molecule has 96 valence electrons. The molecule has 2 aromatic rings. The first-order chi connectivity index (χ1) is 8.60. The van der Waals surface area contributed by atoms with Gasteiger partial charge in [0, 0.05) is 20.6 Å². The molecule has 1 unspecified atom stereocenters. The molecule has 18 heavy (non-hydrogen) atoms. The van der Waals surface area contributed by atoms with Crippen LogP contribution in [-0.4, -0.2) is 5.11 Å². The lowest BCUT2D eigenvalue weighted by atomic mass is 10.1. The number of aliphatic hydroxyl groups is 1. The number of hydrogen-bond acceptors (Lipinski definition) is 2. The van der Waals surface area contributed by atoms with Gasteiger partial charge in [-0.15, -0.1) is 11.3 Å². The first-order valence-electron chi connectivity index (χ1n) is 5.80. The van der Waals surface area contributed by atoms with Gasteiger partial charge in [-0.05, 0) is 52.2 Å². The van der Waals surface area contributed by atoms with Crippen LogP contribution in [0.5, 0.6) is 0 Å². The van der Waals surface area contributed by atoms with E-state index in [4.69, 9.17) is 11.6 Å². The first kappa shape index (κ1) is 14.1. The van der Waals surface area contributed by atoms with Crippen LogP contribution in [0.2, 0.25) is 5.02 Å². The van der Waals surface area contributed by atoms with Crippen molar-refractivity contribution in [2.45, 2.75) is 25.9 Å². The second-order valence-corrected chi connectivity index (χ2v) is 6.63. The minimum atomic E-state index is -0.484. The molecule has 0 aliphatic carbocycles. The first-order valence-corrected chi connectivity index (χ1v) is 7.79. The molecule has 4 heteroatoms. The van der Waals surface area contributed by atoms with Crippen molar-refractivity contribution >= 4 is 38.9 Å². The highest BCUT2D eigenvalue weighted by Crippen LogP contribution is 2.29. The summed E-state index contributed by atoms with van der Waals surface area (Å²) in [5.74, 6) is 0. The van der Waals surface area contributed by atoms with Crippen LogP contribution >= 0.6 is 38.9 Å². The number of rotatable bonds is 4. The minimum absolute atomic E-state index is 0.484. The molecule has 0 fully saturated rings. The van der Waals surface area contributed by atoms with E-state index >= 15 is 0 Å². The van der Waals surface area contributed by atoms with Gasteiger partial charge in [0.2, 0.25) is 0 Å². The second-order valence-electron chi connectivity index (χ2n) is 4.12. The Morgan fingerprint density at radius 3 is 2.61 bits per heavy atom. The zero-order chi connectivity index (χ0) is 13.1. The van der Waals surface area contributed by atoms with Crippen LogP contribution in [0.3, 0.4) is 0 Å². The van der Waals surface area contributed by atoms with Crippen LogP contribution in [-0.2, 0) is 12.8 Å². The van der Waals surface area contributed by atoms with Crippen molar-refractivity contribution in [1.29, 1.82) is 0 Å². The van der Waals surface area contributed by atoms with E-state index in [0.29, 0.717) is 11.4 Å². The molecule has 0 radical (unpaired) electrons. The third-order valence-electron chi connectivity index (χ3n) is 2.79. The van der Waals surface area contributed by atoms with Crippen molar-refractivity contribution in [3.63, 3.8) is 0 Å². The lowest BCUT2D eigenvalue weighted by molar-refractivity contribution is 0.179. The fourth-order valence-corrected chi connectivity index (χ4v) is 3.26. The molecule has 0 bridgehead atoms. The van der Waals surface area contributed by atoms with E-state index in [0.717, 1.165) is 16.5 Å². The zero-order valence-electron chi connectivity index (χ0n) is 9.99. The lowest BCUT2D eigenvalue weighted by Crippen LogP contribution is -2.00. The van der Waals surface area contributed by atoms with Crippen molar-refractivity contribution in [2.24, 2.45) is 0 Å². The van der Waals surface area contributed by atoms with Crippen LogP contribution in [0.15, 0.2) is 34.8 Å². The highest BCUT2D eigenvalue weighted by Gasteiger charge is 2.11. The molecule has 1 N–H and O–H groups in total. The van der Waals surface area contributed by atoms with Crippen molar-refractivity contribution in [3.8, 4) is 0 Å². The van der Waals surface area contributed by atoms with Gasteiger partial charge in [-0.3, -0.25) is 0 Å². The molecule has 1 nitrogen and oxygen atoms in total. The summed E-state index contributed by atoms with van der Waals surface area (Å²) in [7, 11) is 0. The van der Waals surface area contributed by atoms with E-state index < -0.39 is 6.10 Å². The largest absolute Gasteiger partial charge is 0.388 e. The smallest absolute Gasteiger partial charge is 0.0838 e. The highest BCUT2D eigenvalue weighted by molar-refractivity contribution is 9.10. The van der Waals surface area contributed by atoms with Gasteiger partial charge in [-0.1, -0.05) is 24.6 Å². The minimum Gasteiger partial charge on any atom is -0.388 e. The standard InChI is InChI=1S/C14H14BrClOS/c1-2-10-4-5-11(18-10)8-14(17)9-3-6-13(16)12(15)7-9/h3-7,14,17H,2,8H2,1H3. The summed E-state index contributed by atoms with van der Waals surface area (Å²) in [4.78, 5) is 2.57. The quantitative estimate of drug-likeness (QED) is 0.826. The fraction of sp³-hybridized carbons (Fsp3) is 0.286. The maximum atomic E-state index is 10.2. The molecule has 0 spiro atoms. The van der Waals surface area contributed by atoms with Crippen LogP contribution < -0.4 is 0 Å². The number of aliphatic hydroxyl groups excluding tert-OH is 1. The SMILES string of the molecule is CCc1ccc(CC(O)c2ccc(Cl)c(Br)c2)s1. The molecule has 1 aromatic heterocycles. The Balaban J connectivity index is 2.11. The van der Waals surface area contributed by atoms with Crippen LogP contribution in [0, 0.1) is 0 Å². The normalized spacial score (nSPS) is 12.7. The van der Waals surface area contributed by atoms with Crippen molar-refractivity contribution in [3.05, 3.63) is 55.1 Å². The van der Waals surface area contributed by atoms with Gasteiger partial charge in [-0.25, -0.2) is 0 Å². The molecular weight excluding hydrogens is 332 g/mol. The Bertz CT molecular complexity index is 538. The number of halogens is 2. The third-order valence-corrected chi connectivity index (χ3v) is 5.25. The number of benzene rings is 1. The summed E-state index contributed by atoms with van der Waals surface area (Å²) in [6.07, 6.45) is 1.22. The number of hydrogen-bond donors (Lipinski definition) is 1. The fourth-order valence-electron chi connectivity index (χ4n) is 1.75. The summed E-state index contributed by atoms with van der Waals surface area (Å²) in [5.41, 5.74) is 0.887. The molecule has 1 heterocycles. The van der Waals surface area contributed by atoms with E-state index in [1.807, 2.05) is 12.1 Å². The maximum Gasteiger partial charge on any atom is 0.0838 e. The van der Waals surface area contributed by atoms with Crippen molar-refractivity contribution in [2.75, 3.05) is 0 Å². The van der Waals surface area contributed by atoms with E-state index in [9.17, 15) is 5.11 Å². The van der Waals surface area contributed by atoms with Gasteiger partial charge in [0.1, 0.15) is 0 Å². The molecule has 0 saturated heterocycles. The Morgan fingerprint density at radius 1 is 1.28 bits per heavy atom. The third kappa shape index (κ3) is 3.35. The van der Waals surface area contributed by atoms with Gasteiger partial charge in [0.05, 0.1) is 11.1 Å². The van der Waals surface area contributed by atoms with E-state index in [1.54, 1.807) is 17.4 Å². The van der Waals surface area contributed by atoms with E-state index in [2.05, 4.69) is 35.0 Å². The van der Waals surface area contributed by atoms with Gasteiger partial charge < -0.3 is 5.11 Å². The van der Waals surface area contributed by atoms with Crippen molar-refractivity contribution < 1.29 is 5.11 Å². The highest BCUT2D eigenvalue weighted by atomic mass is 79.9. The van der Waals surface area contributed by atoms with Gasteiger partial charge in [0.25, 0.3) is 0 Å². The Labute approximate surface area is 125 Å². The summed E-state index contributed by atoms with van der Waals surface area (Å²) < 4.78 is 0.821. The van der Waals surface area contributed by atoms with E-state index in [1.165, 1.54) is 9.75 Å².